The van der Waals surface area contributed by atoms with Crippen molar-refractivity contribution >= 4 is 11.9 Å². The number of nitrogens with zero attached hydrogens (tertiary/aromatic N) is 1. The average molecular weight is 241 g/mol. The highest BCUT2D eigenvalue weighted by molar-refractivity contribution is 5.80. The van der Waals surface area contributed by atoms with Crippen LogP contribution in [0.1, 0.15) is 40.0 Å². The summed E-state index contributed by atoms with van der Waals surface area (Å²) in [7, 11) is 0. The summed E-state index contributed by atoms with van der Waals surface area (Å²) in [6, 6.07) is 0. The minimum Gasteiger partial charge on any atom is -0.466 e. The van der Waals surface area contributed by atoms with Crippen LogP contribution in [0.25, 0.3) is 0 Å². The summed E-state index contributed by atoms with van der Waals surface area (Å²) in [4.78, 5) is 25.5. The Hall–Kier alpha value is -1.06. The largest absolute Gasteiger partial charge is 0.466 e. The van der Waals surface area contributed by atoms with Crippen molar-refractivity contribution in [2.24, 2.45) is 11.8 Å². The van der Waals surface area contributed by atoms with Gasteiger partial charge in [0.05, 0.1) is 12.5 Å². The normalized spacial score (nSPS) is 22.1. The first-order valence-corrected chi connectivity index (χ1v) is 6.55. The van der Waals surface area contributed by atoms with Crippen molar-refractivity contribution in [1.29, 1.82) is 0 Å². The third-order valence-corrected chi connectivity index (χ3v) is 3.39. The predicted molar refractivity (Wildman–Crippen MR) is 65.4 cm³/mol. The second-order valence-corrected chi connectivity index (χ2v) is 4.68. The zero-order chi connectivity index (χ0) is 12.8. The summed E-state index contributed by atoms with van der Waals surface area (Å²) in [5.74, 6) is -0.0664. The lowest BCUT2D eigenvalue weighted by atomic mass is 9.96. The summed E-state index contributed by atoms with van der Waals surface area (Å²) in [6.45, 7) is 7.48. The van der Waals surface area contributed by atoms with Gasteiger partial charge in [-0.1, -0.05) is 13.8 Å². The maximum Gasteiger partial charge on any atom is 0.310 e. The van der Waals surface area contributed by atoms with Gasteiger partial charge in [0.1, 0.15) is 0 Å². The van der Waals surface area contributed by atoms with Crippen LogP contribution in [-0.2, 0) is 14.3 Å². The van der Waals surface area contributed by atoms with Crippen molar-refractivity contribution in [3.63, 3.8) is 0 Å². The van der Waals surface area contributed by atoms with Gasteiger partial charge in [0.25, 0.3) is 0 Å². The molecule has 98 valence electrons. The van der Waals surface area contributed by atoms with Crippen LogP contribution in [0.4, 0.5) is 0 Å². The SMILES string of the molecule is CCOC(=O)[C@@H]1CCCN(C(=O)[C@H](C)CC)C1. The van der Waals surface area contributed by atoms with E-state index in [1.165, 1.54) is 0 Å². The minimum atomic E-state index is -0.158. The Morgan fingerprint density at radius 3 is 2.71 bits per heavy atom. The van der Waals surface area contributed by atoms with E-state index >= 15 is 0 Å². The van der Waals surface area contributed by atoms with Gasteiger partial charge in [0, 0.05) is 19.0 Å². The number of carbonyl (C=O) groups excluding carboxylic acids is 2. The number of esters is 1. The molecule has 1 heterocycles. The lowest BCUT2D eigenvalue weighted by molar-refractivity contribution is -0.151. The number of carbonyl (C=O) groups is 2. The van der Waals surface area contributed by atoms with Gasteiger partial charge in [-0.2, -0.15) is 0 Å². The Morgan fingerprint density at radius 1 is 1.41 bits per heavy atom. The Bertz CT molecular complexity index is 278. The molecule has 0 unspecified atom stereocenters. The second-order valence-electron chi connectivity index (χ2n) is 4.68. The maximum absolute atomic E-state index is 12.0. The molecule has 0 saturated carbocycles. The van der Waals surface area contributed by atoms with Crippen molar-refractivity contribution in [2.45, 2.75) is 40.0 Å². The van der Waals surface area contributed by atoms with E-state index in [-0.39, 0.29) is 23.7 Å². The summed E-state index contributed by atoms with van der Waals surface area (Å²) >= 11 is 0. The summed E-state index contributed by atoms with van der Waals surface area (Å²) in [5, 5.41) is 0. The van der Waals surface area contributed by atoms with Crippen LogP contribution in [0.3, 0.4) is 0 Å². The van der Waals surface area contributed by atoms with Gasteiger partial charge in [-0.3, -0.25) is 9.59 Å². The lowest BCUT2D eigenvalue weighted by Gasteiger charge is -2.33. The molecule has 0 bridgehead atoms. The van der Waals surface area contributed by atoms with Crippen LogP contribution >= 0.6 is 0 Å². The lowest BCUT2D eigenvalue weighted by Crippen LogP contribution is -2.44. The van der Waals surface area contributed by atoms with Gasteiger partial charge in [-0.05, 0) is 26.2 Å². The molecule has 2 atom stereocenters. The molecule has 4 nitrogen and oxygen atoms in total. The number of piperidine rings is 1. The van der Waals surface area contributed by atoms with E-state index in [4.69, 9.17) is 4.74 Å². The molecule has 1 saturated heterocycles. The first kappa shape index (κ1) is 14.0. The highest BCUT2D eigenvalue weighted by Crippen LogP contribution is 2.20. The van der Waals surface area contributed by atoms with Crippen LogP contribution in [0.2, 0.25) is 0 Å². The predicted octanol–water partition coefficient (Wildman–Crippen LogP) is 1.83. The van der Waals surface area contributed by atoms with Gasteiger partial charge < -0.3 is 9.64 Å². The highest BCUT2D eigenvalue weighted by Gasteiger charge is 2.30. The van der Waals surface area contributed by atoms with E-state index in [0.717, 1.165) is 25.8 Å². The number of rotatable bonds is 4. The van der Waals surface area contributed by atoms with E-state index in [0.29, 0.717) is 13.2 Å². The van der Waals surface area contributed by atoms with E-state index in [1.54, 1.807) is 0 Å². The topological polar surface area (TPSA) is 46.6 Å². The average Bonchev–Trinajstić information content (AvgIpc) is 2.37. The first-order valence-electron chi connectivity index (χ1n) is 6.55. The summed E-state index contributed by atoms with van der Waals surface area (Å²) in [5.41, 5.74) is 0. The first-order chi connectivity index (χ1) is 8.10. The quantitative estimate of drug-likeness (QED) is 0.705. The third-order valence-electron chi connectivity index (χ3n) is 3.39. The van der Waals surface area contributed by atoms with Crippen LogP contribution in [0.15, 0.2) is 0 Å². The number of hydrogen-bond acceptors (Lipinski definition) is 3. The minimum absolute atomic E-state index is 0.0518. The van der Waals surface area contributed by atoms with E-state index < -0.39 is 0 Å². The van der Waals surface area contributed by atoms with Crippen LogP contribution in [0, 0.1) is 11.8 Å². The van der Waals surface area contributed by atoms with Gasteiger partial charge in [0.15, 0.2) is 0 Å². The standard InChI is InChI=1S/C13H23NO3/c1-4-10(3)12(15)14-8-6-7-11(9-14)13(16)17-5-2/h10-11H,4-9H2,1-3H3/t10-,11-/m1/s1. The van der Waals surface area contributed by atoms with Crippen LogP contribution in [-0.4, -0.2) is 36.5 Å². The summed E-state index contributed by atoms with van der Waals surface area (Å²) < 4.78 is 5.02. The molecule has 4 heteroatoms. The molecular formula is C13H23NO3. The number of amides is 1. The molecule has 0 N–H and O–H groups in total. The molecule has 1 rings (SSSR count). The van der Waals surface area contributed by atoms with Gasteiger partial charge in [-0.15, -0.1) is 0 Å². The molecule has 0 aromatic heterocycles. The van der Waals surface area contributed by atoms with Gasteiger partial charge in [-0.25, -0.2) is 0 Å². The second kappa shape index (κ2) is 6.62. The zero-order valence-corrected chi connectivity index (χ0v) is 11.1. The molecular weight excluding hydrogens is 218 g/mol. The smallest absolute Gasteiger partial charge is 0.310 e. The molecule has 0 aromatic carbocycles. The molecule has 0 radical (unpaired) electrons. The van der Waals surface area contributed by atoms with Crippen molar-refractivity contribution in [3.05, 3.63) is 0 Å². The van der Waals surface area contributed by atoms with E-state index in [2.05, 4.69) is 0 Å². The molecule has 0 spiro atoms. The number of likely N-dealkylation sites (tertiary alicyclic amines) is 1. The maximum atomic E-state index is 12.0. The highest BCUT2D eigenvalue weighted by atomic mass is 16.5. The Balaban J connectivity index is 2.54. The van der Waals surface area contributed by atoms with Gasteiger partial charge >= 0.3 is 5.97 Å². The molecule has 1 aliphatic rings. The Labute approximate surface area is 103 Å². The monoisotopic (exact) mass is 241 g/mol. The molecule has 0 aliphatic carbocycles. The third kappa shape index (κ3) is 3.72. The molecule has 1 aliphatic heterocycles. The fourth-order valence-corrected chi connectivity index (χ4v) is 2.12. The molecule has 17 heavy (non-hydrogen) atoms. The van der Waals surface area contributed by atoms with E-state index in [1.807, 2.05) is 25.7 Å². The molecule has 0 aromatic rings. The Kier molecular flexibility index (Phi) is 5.45. The fraction of sp³-hybridized carbons (Fsp3) is 0.846. The molecule has 1 amide bonds. The number of hydrogen-bond donors (Lipinski definition) is 0. The zero-order valence-electron chi connectivity index (χ0n) is 11.1. The van der Waals surface area contributed by atoms with Crippen molar-refractivity contribution in [3.8, 4) is 0 Å². The van der Waals surface area contributed by atoms with Crippen molar-refractivity contribution < 1.29 is 14.3 Å². The molecule has 1 fully saturated rings. The van der Waals surface area contributed by atoms with Crippen molar-refractivity contribution in [2.75, 3.05) is 19.7 Å². The van der Waals surface area contributed by atoms with Crippen LogP contribution in [0.5, 0.6) is 0 Å². The number of ether oxygens (including phenoxy) is 1. The van der Waals surface area contributed by atoms with Crippen LogP contribution < -0.4 is 0 Å². The van der Waals surface area contributed by atoms with Gasteiger partial charge in [0.2, 0.25) is 5.91 Å². The van der Waals surface area contributed by atoms with E-state index in [9.17, 15) is 9.59 Å². The fourth-order valence-electron chi connectivity index (χ4n) is 2.12. The summed E-state index contributed by atoms with van der Waals surface area (Å²) in [6.07, 6.45) is 2.58. The Morgan fingerprint density at radius 2 is 2.12 bits per heavy atom. The van der Waals surface area contributed by atoms with Crippen molar-refractivity contribution in [1.82, 2.24) is 4.90 Å².